The molecule has 5 nitrogen and oxygen atoms in total. The molecule has 4 rings (SSSR count). The van der Waals surface area contributed by atoms with Gasteiger partial charge >= 0.3 is 0 Å². The number of benzene rings is 3. The van der Waals surface area contributed by atoms with E-state index in [1.165, 1.54) is 30.7 Å². The van der Waals surface area contributed by atoms with Gasteiger partial charge in [-0.2, -0.15) is 20.5 Å². The van der Waals surface area contributed by atoms with Crippen LogP contribution in [0, 0.1) is 12.7 Å². The van der Waals surface area contributed by atoms with Gasteiger partial charge in [0.1, 0.15) is 5.82 Å². The number of hydrogen-bond donors (Lipinski definition) is 0. The lowest BCUT2D eigenvalue weighted by Gasteiger charge is -2.17. The lowest BCUT2D eigenvalue weighted by atomic mass is 10.2. The van der Waals surface area contributed by atoms with E-state index in [1.807, 2.05) is 37.3 Å². The molecule has 0 amide bonds. The van der Waals surface area contributed by atoms with E-state index < -0.39 is 0 Å². The lowest BCUT2D eigenvalue weighted by molar-refractivity contribution is 0.628. The van der Waals surface area contributed by atoms with Gasteiger partial charge in [-0.05, 0) is 92.1 Å². The molecule has 0 radical (unpaired) electrons. The van der Waals surface area contributed by atoms with Crippen LogP contribution in [-0.2, 0) is 0 Å². The Morgan fingerprint density at radius 2 is 1.24 bits per heavy atom. The largest absolute Gasteiger partial charge is 0.372 e. The Balaban J connectivity index is 1.42. The lowest BCUT2D eigenvalue weighted by Crippen LogP contribution is -2.17. The fourth-order valence-corrected chi connectivity index (χ4v) is 3.25. The molecule has 1 heterocycles. The fraction of sp³-hybridized carbons (Fsp3) is 0.217. The zero-order chi connectivity index (χ0) is 20.1. The van der Waals surface area contributed by atoms with E-state index in [0.29, 0.717) is 5.69 Å². The van der Waals surface area contributed by atoms with Crippen molar-refractivity contribution in [2.24, 2.45) is 20.5 Å². The van der Waals surface area contributed by atoms with Crippen molar-refractivity contribution < 1.29 is 4.39 Å². The number of hydrogen-bond acceptors (Lipinski definition) is 5. The van der Waals surface area contributed by atoms with Gasteiger partial charge in [0, 0.05) is 18.8 Å². The third kappa shape index (κ3) is 4.90. The first-order valence-corrected chi connectivity index (χ1v) is 9.72. The molecule has 0 atom stereocenters. The molecule has 29 heavy (non-hydrogen) atoms. The van der Waals surface area contributed by atoms with Crippen molar-refractivity contribution in [2.75, 3.05) is 18.0 Å². The quantitative estimate of drug-likeness (QED) is 0.417. The normalized spacial score (nSPS) is 14.3. The maximum Gasteiger partial charge on any atom is 0.123 e. The third-order valence-corrected chi connectivity index (χ3v) is 4.88. The number of anilines is 1. The molecule has 0 spiro atoms. The smallest absolute Gasteiger partial charge is 0.123 e. The van der Waals surface area contributed by atoms with Crippen LogP contribution in [0.15, 0.2) is 87.2 Å². The van der Waals surface area contributed by atoms with E-state index in [4.69, 9.17) is 0 Å². The third-order valence-electron chi connectivity index (χ3n) is 4.88. The summed E-state index contributed by atoms with van der Waals surface area (Å²) >= 11 is 0. The molecular formula is C23H22FN5. The van der Waals surface area contributed by atoms with Gasteiger partial charge in [0.05, 0.1) is 22.7 Å². The van der Waals surface area contributed by atoms with Gasteiger partial charge in [-0.1, -0.05) is 0 Å². The van der Waals surface area contributed by atoms with E-state index in [1.54, 1.807) is 12.1 Å². The van der Waals surface area contributed by atoms with Crippen LogP contribution < -0.4 is 4.90 Å². The molecule has 0 aromatic heterocycles. The van der Waals surface area contributed by atoms with Crippen molar-refractivity contribution in [3.8, 4) is 0 Å². The SMILES string of the molecule is Cc1cc(/N=N/c2ccc(N3CCCC3)cc2)ccc1/N=N/c1ccc(F)cc1. The van der Waals surface area contributed by atoms with Gasteiger partial charge in [-0.15, -0.1) is 0 Å². The molecule has 1 aliphatic heterocycles. The van der Waals surface area contributed by atoms with Crippen LogP contribution in [-0.4, -0.2) is 13.1 Å². The Hall–Kier alpha value is -3.41. The summed E-state index contributed by atoms with van der Waals surface area (Å²) in [5, 5.41) is 17.0. The predicted molar refractivity (Wildman–Crippen MR) is 114 cm³/mol. The van der Waals surface area contributed by atoms with E-state index in [9.17, 15) is 4.39 Å². The minimum absolute atomic E-state index is 0.291. The summed E-state index contributed by atoms with van der Waals surface area (Å²) in [7, 11) is 0. The monoisotopic (exact) mass is 387 g/mol. The average Bonchev–Trinajstić information content (AvgIpc) is 3.28. The number of nitrogens with zero attached hydrogens (tertiary/aromatic N) is 5. The Labute approximate surface area is 169 Å². The first kappa shape index (κ1) is 18.9. The van der Waals surface area contributed by atoms with Gasteiger partial charge in [-0.25, -0.2) is 4.39 Å². The topological polar surface area (TPSA) is 52.7 Å². The molecule has 0 N–H and O–H groups in total. The molecule has 0 aliphatic carbocycles. The van der Waals surface area contributed by atoms with E-state index in [2.05, 4.69) is 37.5 Å². The van der Waals surface area contributed by atoms with Crippen LogP contribution >= 0.6 is 0 Å². The molecule has 1 saturated heterocycles. The molecule has 1 fully saturated rings. The zero-order valence-corrected chi connectivity index (χ0v) is 16.3. The summed E-state index contributed by atoms with van der Waals surface area (Å²) in [4.78, 5) is 2.39. The summed E-state index contributed by atoms with van der Waals surface area (Å²) in [6.07, 6.45) is 2.53. The maximum absolute atomic E-state index is 13.0. The van der Waals surface area contributed by atoms with E-state index in [0.717, 1.165) is 35.7 Å². The maximum atomic E-state index is 13.0. The van der Waals surface area contributed by atoms with Crippen molar-refractivity contribution in [1.29, 1.82) is 0 Å². The van der Waals surface area contributed by atoms with Crippen LogP contribution in [0.5, 0.6) is 0 Å². The molecule has 0 saturated carbocycles. The van der Waals surface area contributed by atoms with Crippen LogP contribution in [0.4, 0.5) is 32.8 Å². The minimum Gasteiger partial charge on any atom is -0.372 e. The van der Waals surface area contributed by atoms with Crippen molar-refractivity contribution in [1.82, 2.24) is 0 Å². The van der Waals surface area contributed by atoms with Gasteiger partial charge < -0.3 is 4.90 Å². The first-order valence-electron chi connectivity index (χ1n) is 9.72. The Kier molecular flexibility index (Phi) is 5.70. The van der Waals surface area contributed by atoms with E-state index in [-0.39, 0.29) is 5.82 Å². The summed E-state index contributed by atoms with van der Waals surface area (Å²) in [6, 6.07) is 19.7. The average molecular weight is 387 g/mol. The summed E-state index contributed by atoms with van der Waals surface area (Å²) in [5.74, 6) is -0.291. The second-order valence-corrected chi connectivity index (χ2v) is 7.06. The van der Waals surface area contributed by atoms with Crippen molar-refractivity contribution >= 4 is 28.4 Å². The van der Waals surface area contributed by atoms with Crippen LogP contribution in [0.2, 0.25) is 0 Å². The number of aryl methyl sites for hydroxylation is 1. The highest BCUT2D eigenvalue weighted by Crippen LogP contribution is 2.28. The van der Waals surface area contributed by atoms with Gasteiger partial charge in [0.2, 0.25) is 0 Å². The molecule has 6 heteroatoms. The second kappa shape index (κ2) is 8.73. The first-order chi connectivity index (χ1) is 14.2. The van der Waals surface area contributed by atoms with Gasteiger partial charge in [0.25, 0.3) is 0 Å². The molecule has 0 bridgehead atoms. The number of halogens is 1. The summed E-state index contributed by atoms with van der Waals surface area (Å²) in [6.45, 7) is 4.21. The van der Waals surface area contributed by atoms with Crippen LogP contribution in [0.3, 0.4) is 0 Å². The zero-order valence-electron chi connectivity index (χ0n) is 16.3. The molecule has 3 aromatic carbocycles. The molecule has 3 aromatic rings. The van der Waals surface area contributed by atoms with Gasteiger partial charge in [0.15, 0.2) is 0 Å². The highest BCUT2D eigenvalue weighted by atomic mass is 19.1. The number of rotatable bonds is 5. The molecule has 1 aliphatic rings. The fourth-order valence-electron chi connectivity index (χ4n) is 3.25. The second-order valence-electron chi connectivity index (χ2n) is 7.06. The Morgan fingerprint density at radius 1 is 0.690 bits per heavy atom. The highest BCUT2D eigenvalue weighted by Gasteiger charge is 2.11. The Bertz CT molecular complexity index is 1020. The Morgan fingerprint density at radius 3 is 1.90 bits per heavy atom. The van der Waals surface area contributed by atoms with Crippen molar-refractivity contribution in [3.63, 3.8) is 0 Å². The highest BCUT2D eigenvalue weighted by molar-refractivity contribution is 5.55. The van der Waals surface area contributed by atoms with Crippen LogP contribution in [0.1, 0.15) is 18.4 Å². The van der Waals surface area contributed by atoms with Crippen molar-refractivity contribution in [2.45, 2.75) is 19.8 Å². The van der Waals surface area contributed by atoms with Crippen molar-refractivity contribution in [3.05, 3.63) is 78.1 Å². The van der Waals surface area contributed by atoms with E-state index >= 15 is 0 Å². The summed E-state index contributed by atoms with van der Waals surface area (Å²) in [5.41, 5.74) is 5.11. The standard InChI is InChI=1S/C23H22FN5/c1-17-16-21(10-13-23(17)28-26-19-6-4-18(24)5-7-19)27-25-20-8-11-22(12-9-20)29-14-2-3-15-29/h4-13,16H,2-3,14-15H2,1H3/b27-25+,28-26+. The minimum atomic E-state index is -0.291. The predicted octanol–water partition coefficient (Wildman–Crippen LogP) is 7.57. The summed E-state index contributed by atoms with van der Waals surface area (Å²) < 4.78 is 13.0. The van der Waals surface area contributed by atoms with Crippen LogP contribution in [0.25, 0.3) is 0 Å². The molecule has 146 valence electrons. The number of azo groups is 2. The van der Waals surface area contributed by atoms with Gasteiger partial charge in [-0.3, -0.25) is 0 Å². The molecule has 0 unspecified atom stereocenters. The molecular weight excluding hydrogens is 365 g/mol.